The first-order chi connectivity index (χ1) is 19.3. The van der Waals surface area contributed by atoms with E-state index in [0.717, 1.165) is 10.4 Å². The molecule has 208 valence electrons. The van der Waals surface area contributed by atoms with Crippen molar-refractivity contribution >= 4 is 63.6 Å². The van der Waals surface area contributed by atoms with Gasteiger partial charge in [0.15, 0.2) is 10.6 Å². The van der Waals surface area contributed by atoms with Crippen LogP contribution < -0.4 is 5.32 Å². The highest BCUT2D eigenvalue weighted by Gasteiger charge is 2.50. The van der Waals surface area contributed by atoms with Crippen molar-refractivity contribution in [2.45, 2.75) is 44.8 Å². The van der Waals surface area contributed by atoms with E-state index in [2.05, 4.69) is 15.3 Å². The molecule has 5 rings (SSSR count). The Morgan fingerprint density at radius 2 is 2.05 bits per heavy atom. The number of nitrogens with zero attached hydrogens (tertiary/aromatic N) is 3. The van der Waals surface area contributed by atoms with Gasteiger partial charge in [0.2, 0.25) is 11.6 Å². The zero-order valence-corrected chi connectivity index (χ0v) is 23.5. The quantitative estimate of drug-likeness (QED) is 0.259. The Hall–Kier alpha value is -3.96. The van der Waals surface area contributed by atoms with Gasteiger partial charge in [0.1, 0.15) is 5.52 Å². The van der Waals surface area contributed by atoms with Gasteiger partial charge >= 0.3 is 11.9 Å². The largest absolute Gasteiger partial charge is 0.469 e. The summed E-state index contributed by atoms with van der Waals surface area (Å²) in [6.07, 6.45) is 3.42. The number of likely N-dealkylation sites (tertiary alicyclic amines) is 1. The maximum absolute atomic E-state index is 13.6. The lowest BCUT2D eigenvalue weighted by molar-refractivity contribution is -0.184. The molecule has 1 saturated heterocycles. The number of carbonyl (C=O) groups is 3. The topological polar surface area (TPSA) is 124 Å². The lowest BCUT2D eigenvalue weighted by Gasteiger charge is -2.36. The number of methoxy groups -OCH3 is 1. The van der Waals surface area contributed by atoms with Crippen LogP contribution in [0, 0.1) is 0 Å². The predicted octanol–water partition coefficient (Wildman–Crippen LogP) is 5.37. The number of hydrogen-bond acceptors (Lipinski definition) is 10. The monoisotopic (exact) mass is 582 g/mol. The van der Waals surface area contributed by atoms with Gasteiger partial charge in [-0.15, -0.1) is 11.3 Å². The van der Waals surface area contributed by atoms with E-state index in [0.29, 0.717) is 58.7 Å². The van der Waals surface area contributed by atoms with E-state index in [1.165, 1.54) is 25.4 Å². The number of thiazole rings is 1. The van der Waals surface area contributed by atoms with Crippen molar-refractivity contribution in [2.75, 3.05) is 19.0 Å². The fraction of sp³-hybridized carbons (Fsp3) is 0.321. The lowest BCUT2D eigenvalue weighted by Crippen LogP contribution is -2.48. The van der Waals surface area contributed by atoms with Crippen molar-refractivity contribution in [3.05, 3.63) is 69.1 Å². The summed E-state index contributed by atoms with van der Waals surface area (Å²) in [5.74, 6) is -1.06. The van der Waals surface area contributed by atoms with Crippen molar-refractivity contribution < 1.29 is 28.3 Å². The zero-order valence-electron chi connectivity index (χ0n) is 21.9. The minimum atomic E-state index is -1.30. The number of ether oxygens (including phenoxy) is 2. The van der Waals surface area contributed by atoms with Crippen LogP contribution in [0.2, 0.25) is 5.02 Å². The van der Waals surface area contributed by atoms with Crippen molar-refractivity contribution in [3.63, 3.8) is 0 Å². The van der Waals surface area contributed by atoms with Gasteiger partial charge in [-0.1, -0.05) is 29.8 Å². The third kappa shape index (κ3) is 5.80. The molecule has 0 aliphatic carbocycles. The Balaban J connectivity index is 1.32. The van der Waals surface area contributed by atoms with Crippen molar-refractivity contribution in [1.82, 2.24) is 14.9 Å². The molecule has 3 heterocycles. The van der Waals surface area contributed by atoms with Crippen LogP contribution in [0.1, 0.15) is 41.6 Å². The molecule has 1 N–H and O–H groups in total. The van der Waals surface area contributed by atoms with Crippen LogP contribution in [0.5, 0.6) is 0 Å². The normalized spacial score (nSPS) is 16.7. The van der Waals surface area contributed by atoms with Crippen LogP contribution in [-0.2, 0) is 42.4 Å². The summed E-state index contributed by atoms with van der Waals surface area (Å²) in [6.45, 7) is 1.73. The number of halogens is 1. The number of anilines is 2. The molecule has 4 aromatic rings. The van der Waals surface area contributed by atoms with Gasteiger partial charge in [-0.25, -0.2) is 4.98 Å². The average Bonchev–Trinajstić information content (AvgIpc) is 3.67. The highest BCUT2D eigenvalue weighted by molar-refractivity contribution is 7.11. The predicted molar refractivity (Wildman–Crippen MR) is 149 cm³/mol. The maximum atomic E-state index is 13.6. The van der Waals surface area contributed by atoms with Crippen LogP contribution in [0.3, 0.4) is 0 Å². The lowest BCUT2D eigenvalue weighted by atomic mass is 10.1. The molecule has 1 aliphatic rings. The smallest absolute Gasteiger partial charge is 0.305 e. The Labute approximate surface area is 239 Å². The number of oxazole rings is 1. The molecule has 10 nitrogen and oxygen atoms in total. The number of carbonyl (C=O) groups excluding carboxylic acids is 3. The number of amides is 1. The van der Waals surface area contributed by atoms with Gasteiger partial charge in [0, 0.05) is 31.0 Å². The van der Waals surface area contributed by atoms with E-state index < -0.39 is 11.7 Å². The summed E-state index contributed by atoms with van der Waals surface area (Å²) in [7, 11) is 1.34. The molecule has 40 heavy (non-hydrogen) atoms. The van der Waals surface area contributed by atoms with Crippen LogP contribution in [-0.4, -0.2) is 46.4 Å². The second-order valence-corrected chi connectivity index (χ2v) is 10.9. The molecule has 0 radical (unpaired) electrons. The Bertz CT molecular complexity index is 1540. The van der Waals surface area contributed by atoms with E-state index in [1.54, 1.807) is 29.3 Å². The number of fused-ring (bicyclic) bond motifs is 1. The van der Waals surface area contributed by atoms with Gasteiger partial charge in [-0.2, -0.15) is 4.98 Å². The Morgan fingerprint density at radius 1 is 1.23 bits per heavy atom. The zero-order chi connectivity index (χ0) is 28.3. The maximum Gasteiger partial charge on any atom is 0.305 e. The van der Waals surface area contributed by atoms with Crippen LogP contribution in [0.4, 0.5) is 11.7 Å². The van der Waals surface area contributed by atoms with Crippen molar-refractivity contribution in [2.24, 2.45) is 0 Å². The van der Waals surface area contributed by atoms with Crippen LogP contribution in [0.15, 0.2) is 53.1 Å². The summed E-state index contributed by atoms with van der Waals surface area (Å²) in [6, 6.07) is 13.0. The van der Waals surface area contributed by atoms with Gasteiger partial charge in [0.05, 0.1) is 30.7 Å². The van der Waals surface area contributed by atoms with E-state index in [9.17, 15) is 14.4 Å². The molecular weight excluding hydrogens is 556 g/mol. The highest BCUT2D eigenvalue weighted by atomic mass is 35.5. The first-order valence-corrected chi connectivity index (χ1v) is 13.9. The molecule has 2 aromatic carbocycles. The van der Waals surface area contributed by atoms with Gasteiger partial charge in [-0.05, 0) is 42.7 Å². The number of esters is 2. The summed E-state index contributed by atoms with van der Waals surface area (Å²) in [4.78, 5) is 48.6. The third-order valence-electron chi connectivity index (χ3n) is 6.56. The fourth-order valence-electron chi connectivity index (χ4n) is 4.74. The van der Waals surface area contributed by atoms with E-state index in [1.807, 2.05) is 24.3 Å². The molecule has 1 atom stereocenters. The molecular formula is C28H27ClN4O6S. The standard InChI is InChI=1S/C28H27ClN4O6S/c1-17(34)39-28(26-30-16-19(40-26)9-11-25(36)37-2)12-5-13-33(28)24(35)15-18-8-10-21(20(29)14-18)31-27-32-22-6-3-4-7-23(22)38-27/h3-4,6-8,10,14,16H,5,9,11-13,15H2,1-2H3,(H,31,32)/t28-/m0/s1. The first kappa shape index (κ1) is 27.6. The molecule has 2 aromatic heterocycles. The number of aryl methyl sites for hydroxylation is 1. The van der Waals surface area contributed by atoms with Crippen molar-refractivity contribution in [1.29, 1.82) is 0 Å². The van der Waals surface area contributed by atoms with E-state index in [-0.39, 0.29) is 24.7 Å². The molecule has 12 heteroatoms. The van der Waals surface area contributed by atoms with Crippen LogP contribution >= 0.6 is 22.9 Å². The third-order valence-corrected chi connectivity index (χ3v) is 8.06. The van der Waals surface area contributed by atoms with Crippen molar-refractivity contribution in [3.8, 4) is 0 Å². The molecule has 0 spiro atoms. The molecule has 1 amide bonds. The highest BCUT2D eigenvalue weighted by Crippen LogP contribution is 2.42. The van der Waals surface area contributed by atoms with Gasteiger partial charge in [-0.3, -0.25) is 19.3 Å². The molecule has 1 aliphatic heterocycles. The second kappa shape index (κ2) is 11.6. The summed E-state index contributed by atoms with van der Waals surface area (Å²) >= 11 is 7.86. The average molecular weight is 583 g/mol. The summed E-state index contributed by atoms with van der Waals surface area (Å²) in [5.41, 5.74) is 1.36. The number of benzene rings is 2. The molecule has 0 saturated carbocycles. The number of para-hydroxylation sites is 2. The first-order valence-electron chi connectivity index (χ1n) is 12.7. The van der Waals surface area contributed by atoms with Gasteiger partial charge < -0.3 is 19.2 Å². The van der Waals surface area contributed by atoms with E-state index >= 15 is 0 Å². The number of aromatic nitrogens is 2. The number of nitrogens with one attached hydrogen (secondary N) is 1. The summed E-state index contributed by atoms with van der Waals surface area (Å²) < 4.78 is 16.2. The molecule has 1 fully saturated rings. The molecule has 0 unspecified atom stereocenters. The fourth-order valence-corrected chi connectivity index (χ4v) is 6.07. The SMILES string of the molecule is COC(=O)CCc1cnc([C@@]2(OC(C)=O)CCCN2C(=O)Cc2ccc(Nc3nc4ccccc4o3)c(Cl)c2)s1. The minimum absolute atomic E-state index is 0.0481. The number of rotatable bonds is 9. The second-order valence-electron chi connectivity index (χ2n) is 9.34. The Kier molecular flexibility index (Phi) is 8.04. The van der Waals surface area contributed by atoms with E-state index in [4.69, 9.17) is 25.5 Å². The Morgan fingerprint density at radius 3 is 2.80 bits per heavy atom. The number of hydrogen-bond donors (Lipinski definition) is 1. The van der Waals surface area contributed by atoms with Gasteiger partial charge in [0.25, 0.3) is 6.01 Å². The molecule has 0 bridgehead atoms. The van der Waals surface area contributed by atoms with Crippen LogP contribution in [0.25, 0.3) is 11.1 Å². The summed E-state index contributed by atoms with van der Waals surface area (Å²) in [5, 5.41) is 3.98. The minimum Gasteiger partial charge on any atom is -0.469 e.